The Kier molecular flexibility index (Phi) is 8.56. The molecule has 0 saturated carbocycles. The second kappa shape index (κ2) is 12.3. The van der Waals surface area contributed by atoms with Crippen LogP contribution in [0.5, 0.6) is 5.75 Å². The first kappa shape index (κ1) is 30.7. The Balaban J connectivity index is 1.42. The number of fused-ring (bicyclic) bond motifs is 2. The summed E-state index contributed by atoms with van der Waals surface area (Å²) < 4.78 is 12.8. The van der Waals surface area contributed by atoms with Gasteiger partial charge in [-0.2, -0.15) is 0 Å². The number of benzene rings is 3. The number of carbonyl (C=O) groups excluding carboxylic acids is 3. The van der Waals surface area contributed by atoms with E-state index in [9.17, 15) is 14.4 Å². The third-order valence-electron chi connectivity index (χ3n) is 8.62. The van der Waals surface area contributed by atoms with Gasteiger partial charge in [0.25, 0.3) is 0 Å². The number of nitrogens with one attached hydrogen (secondary N) is 2. The van der Waals surface area contributed by atoms with Gasteiger partial charge in [0, 0.05) is 64.0 Å². The third-order valence-corrected chi connectivity index (χ3v) is 9.58. The van der Waals surface area contributed by atoms with Crippen LogP contribution >= 0.6 is 39.1 Å². The van der Waals surface area contributed by atoms with Crippen molar-refractivity contribution in [1.29, 1.82) is 0 Å². The number of ether oxygens (including phenoxy) is 2. The minimum absolute atomic E-state index is 0.0848. The van der Waals surface area contributed by atoms with Crippen LogP contribution in [0.2, 0.25) is 10.0 Å². The van der Waals surface area contributed by atoms with Crippen LogP contribution in [0.4, 0.5) is 10.5 Å². The van der Waals surface area contributed by atoms with Gasteiger partial charge >= 0.3 is 6.09 Å². The predicted molar refractivity (Wildman–Crippen MR) is 172 cm³/mol. The third kappa shape index (κ3) is 5.66. The molecule has 3 aliphatic rings. The van der Waals surface area contributed by atoms with Gasteiger partial charge in [0.05, 0.1) is 12.1 Å². The predicted octanol–water partition coefficient (Wildman–Crippen LogP) is 7.38. The number of likely N-dealkylation sites (tertiary alicyclic amines) is 1. The Morgan fingerprint density at radius 1 is 1.02 bits per heavy atom. The van der Waals surface area contributed by atoms with Crippen molar-refractivity contribution in [3.8, 4) is 5.75 Å². The Morgan fingerprint density at radius 3 is 2.50 bits per heavy atom. The first-order valence-electron chi connectivity index (χ1n) is 14.6. The summed E-state index contributed by atoms with van der Waals surface area (Å²) in [5, 5.41) is 7.25. The number of amides is 3. The number of carbonyl (C=O) groups is 3. The summed E-state index contributed by atoms with van der Waals surface area (Å²) in [6, 6.07) is 17.6. The van der Waals surface area contributed by atoms with Crippen LogP contribution in [0.1, 0.15) is 61.8 Å². The Morgan fingerprint density at radius 2 is 1.77 bits per heavy atom. The van der Waals surface area contributed by atoms with E-state index in [1.165, 1.54) is 0 Å². The number of hydrogen-bond donors (Lipinski definition) is 2. The molecule has 0 radical (unpaired) electrons. The fourth-order valence-electron chi connectivity index (χ4n) is 6.73. The largest absolute Gasteiger partial charge is 0.490 e. The lowest BCUT2D eigenvalue weighted by molar-refractivity contribution is -0.131. The lowest BCUT2D eigenvalue weighted by atomic mass is 9.59. The van der Waals surface area contributed by atoms with Crippen LogP contribution in [0.3, 0.4) is 0 Å². The van der Waals surface area contributed by atoms with Crippen LogP contribution in [-0.4, -0.2) is 48.1 Å². The maximum absolute atomic E-state index is 14.4. The number of piperidine rings is 2. The molecule has 44 heavy (non-hydrogen) atoms. The maximum Gasteiger partial charge on any atom is 0.410 e. The van der Waals surface area contributed by atoms with Crippen LogP contribution in [0, 0.1) is 0 Å². The summed E-state index contributed by atoms with van der Waals surface area (Å²) in [6.45, 7) is 4.65. The summed E-state index contributed by atoms with van der Waals surface area (Å²) in [4.78, 5) is 42.0. The van der Waals surface area contributed by atoms with Crippen molar-refractivity contribution in [2.45, 2.75) is 62.7 Å². The number of rotatable bonds is 5. The molecule has 3 aliphatic heterocycles. The van der Waals surface area contributed by atoms with Crippen LogP contribution in [0.15, 0.2) is 65.1 Å². The lowest BCUT2D eigenvalue weighted by Gasteiger charge is -2.47. The van der Waals surface area contributed by atoms with E-state index >= 15 is 0 Å². The van der Waals surface area contributed by atoms with Gasteiger partial charge in [0.2, 0.25) is 11.8 Å². The molecule has 0 bridgehead atoms. The fraction of sp³-hybridized carbons (Fsp3) is 0.364. The van der Waals surface area contributed by atoms with Crippen molar-refractivity contribution >= 4 is 62.7 Å². The zero-order valence-corrected chi connectivity index (χ0v) is 27.3. The van der Waals surface area contributed by atoms with E-state index in [2.05, 4.69) is 26.6 Å². The van der Waals surface area contributed by atoms with E-state index in [1.807, 2.05) is 56.3 Å². The normalized spacial score (nSPS) is 23.4. The molecule has 0 aromatic heterocycles. The molecule has 2 fully saturated rings. The highest BCUT2D eigenvalue weighted by molar-refractivity contribution is 9.10. The molecule has 3 aromatic rings. The van der Waals surface area contributed by atoms with E-state index in [0.717, 1.165) is 15.6 Å². The fourth-order valence-corrected chi connectivity index (χ4v) is 7.48. The topological polar surface area (TPSA) is 97.0 Å². The number of hydrogen-bond acceptors (Lipinski definition) is 5. The molecule has 1 unspecified atom stereocenters. The number of halogens is 3. The van der Waals surface area contributed by atoms with E-state index in [1.54, 1.807) is 23.1 Å². The molecule has 3 heterocycles. The van der Waals surface area contributed by atoms with Gasteiger partial charge in [-0.15, -0.1) is 0 Å². The quantitative estimate of drug-likeness (QED) is 0.290. The van der Waals surface area contributed by atoms with Gasteiger partial charge in [-0.1, -0.05) is 57.3 Å². The maximum atomic E-state index is 14.4. The zero-order valence-electron chi connectivity index (χ0n) is 24.2. The number of anilines is 1. The van der Waals surface area contributed by atoms with Crippen molar-refractivity contribution in [2.75, 3.05) is 18.4 Å². The van der Waals surface area contributed by atoms with E-state index in [0.29, 0.717) is 53.0 Å². The molecular weight excluding hydrogens is 669 g/mol. The number of nitrogens with zero attached hydrogens (tertiary/aromatic N) is 1. The standard InChI is InChI=1S/C33H32BrCl2N3O5/c1-18(2)43-32(42)39-12-10-23(11-13-39)44-28-9-6-20(34)15-24(28)30-33(25-8-7-22(36)16-27(25)37-31(33)41)26(17-29(40)38-30)19-4-3-5-21(35)14-19/h3-9,14-16,18,23,26,30H,10-13,17H2,1-2H3,(H,37,41)(H,38,40)/t26-,30+,33?/m0/s1. The minimum Gasteiger partial charge on any atom is -0.490 e. The van der Waals surface area contributed by atoms with Crippen molar-refractivity contribution in [3.63, 3.8) is 0 Å². The Labute approximate surface area is 274 Å². The van der Waals surface area contributed by atoms with Gasteiger partial charge in [-0.05, 0) is 67.4 Å². The highest BCUT2D eigenvalue weighted by Crippen LogP contribution is 2.58. The molecule has 230 valence electrons. The zero-order chi connectivity index (χ0) is 31.2. The second-order valence-corrected chi connectivity index (χ2v) is 13.5. The summed E-state index contributed by atoms with van der Waals surface area (Å²) in [5.74, 6) is -0.413. The van der Waals surface area contributed by atoms with E-state index < -0.39 is 17.4 Å². The minimum atomic E-state index is -1.23. The molecule has 3 aromatic carbocycles. The van der Waals surface area contributed by atoms with Crippen LogP contribution in [-0.2, 0) is 19.7 Å². The molecule has 11 heteroatoms. The van der Waals surface area contributed by atoms with E-state index in [4.69, 9.17) is 32.7 Å². The molecule has 3 amide bonds. The first-order valence-corrected chi connectivity index (χ1v) is 16.2. The van der Waals surface area contributed by atoms with Gasteiger partial charge in [-0.25, -0.2) is 4.79 Å². The average molecular weight is 701 g/mol. The molecule has 1 spiro atoms. The lowest BCUT2D eigenvalue weighted by Crippen LogP contribution is -2.57. The Hall–Kier alpha value is -3.27. The smallest absolute Gasteiger partial charge is 0.410 e. The van der Waals surface area contributed by atoms with Crippen molar-refractivity contribution in [3.05, 3.63) is 91.9 Å². The second-order valence-electron chi connectivity index (χ2n) is 11.7. The van der Waals surface area contributed by atoms with Gasteiger partial charge in [0.15, 0.2) is 0 Å². The molecule has 8 nitrogen and oxygen atoms in total. The van der Waals surface area contributed by atoms with Crippen molar-refractivity contribution in [2.24, 2.45) is 0 Å². The van der Waals surface area contributed by atoms with Gasteiger partial charge in [-0.3, -0.25) is 9.59 Å². The summed E-state index contributed by atoms with van der Waals surface area (Å²) in [6.07, 6.45) is 0.606. The summed E-state index contributed by atoms with van der Waals surface area (Å²) >= 11 is 16.4. The molecule has 6 rings (SSSR count). The molecule has 2 N–H and O–H groups in total. The SMILES string of the molecule is CC(C)OC(=O)N1CCC(Oc2ccc(Br)cc2[C@H]2NC(=O)C[C@@H](c3cccc(Cl)c3)C23C(=O)Nc2cc(Cl)ccc23)CC1. The average Bonchev–Trinajstić information content (AvgIpc) is 3.25. The summed E-state index contributed by atoms with van der Waals surface area (Å²) in [7, 11) is 0. The highest BCUT2D eigenvalue weighted by atomic mass is 79.9. The van der Waals surface area contributed by atoms with Gasteiger partial charge in [0.1, 0.15) is 17.3 Å². The highest BCUT2D eigenvalue weighted by Gasteiger charge is 2.61. The van der Waals surface area contributed by atoms with Crippen molar-refractivity contribution in [1.82, 2.24) is 10.2 Å². The first-order chi connectivity index (χ1) is 21.1. The van der Waals surface area contributed by atoms with Crippen molar-refractivity contribution < 1.29 is 23.9 Å². The van der Waals surface area contributed by atoms with Crippen LogP contribution < -0.4 is 15.4 Å². The molecule has 2 saturated heterocycles. The summed E-state index contributed by atoms with van der Waals surface area (Å²) in [5.41, 5.74) is 1.56. The molecular formula is C33H32BrCl2N3O5. The molecule has 0 aliphatic carbocycles. The van der Waals surface area contributed by atoms with Crippen LogP contribution in [0.25, 0.3) is 0 Å². The van der Waals surface area contributed by atoms with Gasteiger partial charge < -0.3 is 25.0 Å². The van der Waals surface area contributed by atoms with E-state index in [-0.39, 0.29) is 36.5 Å². The monoisotopic (exact) mass is 699 g/mol. The molecule has 3 atom stereocenters. The Bertz CT molecular complexity index is 1630.